The molecule has 0 bridgehead atoms. The molecule has 1 atom stereocenters. The largest absolute Gasteiger partial charge is 0.352 e. The quantitative estimate of drug-likeness (QED) is 0.842. The van der Waals surface area contributed by atoms with E-state index in [2.05, 4.69) is 35.2 Å². The molecule has 0 spiro atoms. The van der Waals surface area contributed by atoms with E-state index in [0.29, 0.717) is 23.7 Å². The number of rotatable bonds is 6. The molecule has 1 aliphatic rings. The van der Waals surface area contributed by atoms with Crippen LogP contribution >= 0.6 is 0 Å². The molecule has 5 nitrogen and oxygen atoms in total. The van der Waals surface area contributed by atoms with Gasteiger partial charge in [-0.15, -0.1) is 0 Å². The Morgan fingerprint density at radius 3 is 2.46 bits per heavy atom. The van der Waals surface area contributed by atoms with Crippen LogP contribution in [-0.2, 0) is 0 Å². The number of likely N-dealkylation sites (N-methyl/N-ethyl adjacent to an activating group) is 1. The smallest absolute Gasteiger partial charge is 0.251 e. The summed E-state index contributed by atoms with van der Waals surface area (Å²) in [6, 6.07) is 17.6. The van der Waals surface area contributed by atoms with Gasteiger partial charge >= 0.3 is 0 Å². The van der Waals surface area contributed by atoms with Gasteiger partial charge in [0, 0.05) is 44.3 Å². The Bertz CT molecular complexity index is 832. The van der Waals surface area contributed by atoms with Gasteiger partial charge < -0.3 is 10.2 Å². The summed E-state index contributed by atoms with van der Waals surface area (Å²) in [5.74, 6) is -0.0503. The topological polar surface area (TPSA) is 59.4 Å². The van der Waals surface area contributed by atoms with E-state index in [1.165, 1.54) is 0 Å². The van der Waals surface area contributed by atoms with Crippen molar-refractivity contribution in [3.63, 3.8) is 0 Å². The molecule has 1 unspecified atom stereocenters. The van der Waals surface area contributed by atoms with Crippen LogP contribution in [0.2, 0.25) is 0 Å². The maximum Gasteiger partial charge on any atom is 0.251 e. The van der Waals surface area contributed by atoms with Gasteiger partial charge in [-0.2, -0.15) is 5.26 Å². The van der Waals surface area contributed by atoms with E-state index >= 15 is 0 Å². The SMILES string of the molecule is CC(CCNC(=O)c1ccc(-c2ccccc2C#N)cc1)N1CCN(C)CC1. The van der Waals surface area contributed by atoms with E-state index in [1.54, 1.807) is 6.07 Å². The Morgan fingerprint density at radius 1 is 1.11 bits per heavy atom. The maximum absolute atomic E-state index is 12.4. The number of amides is 1. The van der Waals surface area contributed by atoms with Gasteiger partial charge in [0.15, 0.2) is 0 Å². The fourth-order valence-corrected chi connectivity index (χ4v) is 3.58. The zero-order valence-electron chi connectivity index (χ0n) is 16.7. The Kier molecular flexibility index (Phi) is 6.80. The molecule has 0 saturated carbocycles. The van der Waals surface area contributed by atoms with Crippen LogP contribution < -0.4 is 5.32 Å². The van der Waals surface area contributed by atoms with Crippen molar-refractivity contribution in [1.29, 1.82) is 5.26 Å². The summed E-state index contributed by atoms with van der Waals surface area (Å²) >= 11 is 0. The summed E-state index contributed by atoms with van der Waals surface area (Å²) < 4.78 is 0. The second-order valence-electron chi connectivity index (χ2n) is 7.47. The van der Waals surface area contributed by atoms with Crippen LogP contribution in [0.1, 0.15) is 29.3 Å². The fourth-order valence-electron chi connectivity index (χ4n) is 3.58. The zero-order chi connectivity index (χ0) is 19.9. The first-order valence-electron chi connectivity index (χ1n) is 9.89. The number of carbonyl (C=O) groups is 1. The van der Waals surface area contributed by atoms with E-state index in [4.69, 9.17) is 0 Å². The van der Waals surface area contributed by atoms with Gasteiger partial charge in [-0.25, -0.2) is 0 Å². The van der Waals surface area contributed by atoms with Crippen LogP contribution in [0.3, 0.4) is 0 Å². The van der Waals surface area contributed by atoms with E-state index in [0.717, 1.165) is 43.7 Å². The number of piperazine rings is 1. The van der Waals surface area contributed by atoms with Crippen molar-refractivity contribution in [3.05, 3.63) is 59.7 Å². The highest BCUT2D eigenvalue weighted by molar-refractivity contribution is 5.94. The molecule has 1 fully saturated rings. The van der Waals surface area contributed by atoms with E-state index in [1.807, 2.05) is 42.5 Å². The zero-order valence-corrected chi connectivity index (χ0v) is 16.7. The van der Waals surface area contributed by atoms with E-state index in [9.17, 15) is 10.1 Å². The number of benzene rings is 2. The molecular formula is C23H28N4O. The highest BCUT2D eigenvalue weighted by atomic mass is 16.1. The predicted octanol–water partition coefficient (Wildman–Crippen LogP) is 2.98. The van der Waals surface area contributed by atoms with Crippen LogP contribution in [0.25, 0.3) is 11.1 Å². The Labute approximate surface area is 167 Å². The van der Waals surface area contributed by atoms with Crippen molar-refractivity contribution in [2.45, 2.75) is 19.4 Å². The van der Waals surface area contributed by atoms with Crippen LogP contribution in [0, 0.1) is 11.3 Å². The monoisotopic (exact) mass is 376 g/mol. The number of hydrogen-bond donors (Lipinski definition) is 1. The van der Waals surface area contributed by atoms with Gasteiger partial charge in [0.05, 0.1) is 11.6 Å². The molecule has 28 heavy (non-hydrogen) atoms. The molecule has 1 N–H and O–H groups in total. The molecule has 3 rings (SSSR count). The third kappa shape index (κ3) is 4.98. The summed E-state index contributed by atoms with van der Waals surface area (Å²) in [4.78, 5) is 17.3. The molecule has 1 aliphatic heterocycles. The van der Waals surface area contributed by atoms with E-state index < -0.39 is 0 Å². The lowest BCUT2D eigenvalue weighted by molar-refractivity contribution is 0.0935. The van der Waals surface area contributed by atoms with Gasteiger partial charge in [0.1, 0.15) is 0 Å². The molecule has 146 valence electrons. The average molecular weight is 377 g/mol. The Hall–Kier alpha value is -2.68. The summed E-state index contributed by atoms with van der Waals surface area (Å²) in [7, 11) is 2.16. The normalized spacial score (nSPS) is 16.3. The lowest BCUT2D eigenvalue weighted by Crippen LogP contribution is -2.48. The van der Waals surface area contributed by atoms with Crippen molar-refractivity contribution in [1.82, 2.24) is 15.1 Å². The van der Waals surface area contributed by atoms with Crippen molar-refractivity contribution in [3.8, 4) is 17.2 Å². The second-order valence-corrected chi connectivity index (χ2v) is 7.47. The Morgan fingerprint density at radius 2 is 1.79 bits per heavy atom. The van der Waals surface area contributed by atoms with Crippen molar-refractivity contribution in [2.75, 3.05) is 39.8 Å². The molecule has 2 aromatic carbocycles. The maximum atomic E-state index is 12.4. The lowest BCUT2D eigenvalue weighted by atomic mass is 9.99. The Balaban J connectivity index is 1.52. The van der Waals surface area contributed by atoms with Crippen LogP contribution in [0.5, 0.6) is 0 Å². The van der Waals surface area contributed by atoms with Gasteiger partial charge in [-0.1, -0.05) is 30.3 Å². The molecule has 0 radical (unpaired) electrons. The molecule has 1 amide bonds. The lowest BCUT2D eigenvalue weighted by Gasteiger charge is -2.36. The first-order chi connectivity index (χ1) is 13.6. The summed E-state index contributed by atoms with van der Waals surface area (Å²) in [6.07, 6.45) is 0.948. The van der Waals surface area contributed by atoms with Crippen molar-refractivity contribution < 1.29 is 4.79 Å². The third-order valence-electron chi connectivity index (χ3n) is 5.51. The molecular weight excluding hydrogens is 348 g/mol. The molecule has 5 heteroatoms. The van der Waals surface area contributed by atoms with Crippen LogP contribution in [-0.4, -0.2) is 61.5 Å². The highest BCUT2D eigenvalue weighted by Crippen LogP contribution is 2.23. The van der Waals surface area contributed by atoms with Crippen molar-refractivity contribution >= 4 is 5.91 Å². The number of nitrogens with zero attached hydrogens (tertiary/aromatic N) is 3. The average Bonchev–Trinajstić information content (AvgIpc) is 2.74. The van der Waals surface area contributed by atoms with Gasteiger partial charge in [0.25, 0.3) is 5.91 Å². The minimum Gasteiger partial charge on any atom is -0.352 e. The number of nitrogens with one attached hydrogen (secondary N) is 1. The van der Waals surface area contributed by atoms with Crippen LogP contribution in [0.15, 0.2) is 48.5 Å². The van der Waals surface area contributed by atoms with Crippen LogP contribution in [0.4, 0.5) is 0 Å². The second kappa shape index (κ2) is 9.50. The van der Waals surface area contributed by atoms with Gasteiger partial charge in [-0.05, 0) is 49.7 Å². The highest BCUT2D eigenvalue weighted by Gasteiger charge is 2.19. The third-order valence-corrected chi connectivity index (χ3v) is 5.51. The van der Waals surface area contributed by atoms with Gasteiger partial charge in [-0.3, -0.25) is 9.69 Å². The number of carbonyl (C=O) groups excluding carboxylic acids is 1. The minimum atomic E-state index is -0.0503. The first-order valence-corrected chi connectivity index (χ1v) is 9.89. The number of hydrogen-bond acceptors (Lipinski definition) is 4. The summed E-state index contributed by atoms with van der Waals surface area (Å²) in [6.45, 7) is 7.31. The van der Waals surface area contributed by atoms with E-state index in [-0.39, 0.29) is 5.91 Å². The summed E-state index contributed by atoms with van der Waals surface area (Å²) in [5, 5.41) is 12.3. The molecule has 1 heterocycles. The fraction of sp³-hybridized carbons (Fsp3) is 0.391. The molecule has 1 saturated heterocycles. The molecule has 0 aliphatic carbocycles. The van der Waals surface area contributed by atoms with Gasteiger partial charge in [0.2, 0.25) is 0 Å². The standard InChI is InChI=1S/C23H28N4O/c1-18(27-15-13-26(2)14-16-27)11-12-25-23(28)20-9-7-19(8-10-20)22-6-4-3-5-21(22)17-24/h3-10,18H,11-16H2,1-2H3,(H,25,28). The molecule has 0 aromatic heterocycles. The summed E-state index contributed by atoms with van der Waals surface area (Å²) in [5.41, 5.74) is 3.11. The predicted molar refractivity (Wildman–Crippen MR) is 112 cm³/mol. The molecule has 2 aromatic rings. The van der Waals surface area contributed by atoms with Crippen molar-refractivity contribution in [2.24, 2.45) is 0 Å². The minimum absolute atomic E-state index is 0.0503. The number of nitriles is 1. The first kappa shape index (κ1) is 20.1.